The summed E-state index contributed by atoms with van der Waals surface area (Å²) in [7, 11) is -3.41. The second-order valence-electron chi connectivity index (χ2n) is 5.16. The SMILES string of the molecule is Cl.O=[N+]([O-])c1ccc(CS(=O)(=O)NCC[C@H]2CCCN2)cc1. The fourth-order valence-electron chi connectivity index (χ4n) is 2.38. The summed E-state index contributed by atoms with van der Waals surface area (Å²) in [5, 5.41) is 13.8. The van der Waals surface area contributed by atoms with E-state index in [2.05, 4.69) is 10.0 Å². The molecule has 7 nitrogen and oxygen atoms in total. The molecule has 0 saturated carbocycles. The Labute approximate surface area is 136 Å². The lowest BCUT2D eigenvalue weighted by molar-refractivity contribution is -0.384. The predicted molar refractivity (Wildman–Crippen MR) is 86.6 cm³/mol. The summed E-state index contributed by atoms with van der Waals surface area (Å²) in [5.41, 5.74) is 0.489. The maximum Gasteiger partial charge on any atom is 0.269 e. The van der Waals surface area contributed by atoms with Crippen LogP contribution in [0.5, 0.6) is 0 Å². The van der Waals surface area contributed by atoms with Crippen molar-refractivity contribution in [3.8, 4) is 0 Å². The van der Waals surface area contributed by atoms with Gasteiger partial charge in [0, 0.05) is 24.7 Å². The number of nitro groups is 1. The van der Waals surface area contributed by atoms with Crippen molar-refractivity contribution in [3.63, 3.8) is 0 Å². The zero-order valence-corrected chi connectivity index (χ0v) is 13.7. The summed E-state index contributed by atoms with van der Waals surface area (Å²) < 4.78 is 26.4. The Hall–Kier alpha value is -1.22. The molecule has 1 aliphatic rings. The number of sulfonamides is 1. The summed E-state index contributed by atoms with van der Waals surface area (Å²) in [4.78, 5) is 10.0. The number of nitrogens with zero attached hydrogens (tertiary/aromatic N) is 1. The topological polar surface area (TPSA) is 101 Å². The van der Waals surface area contributed by atoms with Crippen LogP contribution in [-0.2, 0) is 15.8 Å². The number of rotatable bonds is 7. The van der Waals surface area contributed by atoms with E-state index in [4.69, 9.17) is 0 Å². The van der Waals surface area contributed by atoms with Crippen molar-refractivity contribution in [1.29, 1.82) is 0 Å². The molecule has 124 valence electrons. The van der Waals surface area contributed by atoms with Crippen molar-refractivity contribution in [3.05, 3.63) is 39.9 Å². The third-order valence-electron chi connectivity index (χ3n) is 3.48. The molecule has 0 spiro atoms. The number of hydrogen-bond donors (Lipinski definition) is 2. The Morgan fingerprint density at radius 2 is 2.00 bits per heavy atom. The lowest BCUT2D eigenvalue weighted by atomic mass is 10.2. The second kappa shape index (κ2) is 8.42. The van der Waals surface area contributed by atoms with Crippen LogP contribution in [0.4, 0.5) is 5.69 Å². The van der Waals surface area contributed by atoms with Gasteiger partial charge >= 0.3 is 0 Å². The molecule has 0 aliphatic carbocycles. The Bertz CT molecular complexity index is 586. The molecule has 1 heterocycles. The molecule has 2 rings (SSSR count). The molecular formula is C13H20ClN3O4S. The number of halogens is 1. The van der Waals surface area contributed by atoms with E-state index in [9.17, 15) is 18.5 Å². The molecular weight excluding hydrogens is 330 g/mol. The molecule has 1 aliphatic heterocycles. The normalized spacial score (nSPS) is 17.9. The van der Waals surface area contributed by atoms with E-state index in [1.165, 1.54) is 24.3 Å². The molecule has 1 aromatic carbocycles. The van der Waals surface area contributed by atoms with Crippen LogP contribution in [0.25, 0.3) is 0 Å². The van der Waals surface area contributed by atoms with Gasteiger partial charge in [0.15, 0.2) is 0 Å². The van der Waals surface area contributed by atoms with Gasteiger partial charge in [-0.3, -0.25) is 10.1 Å². The van der Waals surface area contributed by atoms with E-state index in [0.717, 1.165) is 25.8 Å². The highest BCUT2D eigenvalue weighted by atomic mass is 35.5. The number of nitrogens with one attached hydrogen (secondary N) is 2. The van der Waals surface area contributed by atoms with Crippen LogP contribution in [0, 0.1) is 10.1 Å². The quantitative estimate of drug-likeness (QED) is 0.575. The third kappa shape index (κ3) is 5.88. The summed E-state index contributed by atoms with van der Waals surface area (Å²) in [6, 6.07) is 5.96. The number of nitro benzene ring substituents is 1. The van der Waals surface area contributed by atoms with Crippen molar-refractivity contribution in [2.75, 3.05) is 13.1 Å². The standard InChI is InChI=1S/C13H19N3O4S.ClH/c17-16(18)13-5-3-11(4-6-13)10-21(19,20)15-9-7-12-2-1-8-14-12;/h3-6,12,14-15H,1-2,7-10H2;1H/t12-;/m1./s1. The van der Waals surface area contributed by atoms with Crippen LogP contribution < -0.4 is 10.0 Å². The summed E-state index contributed by atoms with van der Waals surface area (Å²) >= 11 is 0. The molecule has 1 saturated heterocycles. The molecule has 0 radical (unpaired) electrons. The molecule has 9 heteroatoms. The molecule has 1 aromatic rings. The van der Waals surface area contributed by atoms with Crippen molar-refractivity contribution in [2.45, 2.75) is 31.1 Å². The smallest absolute Gasteiger partial charge is 0.269 e. The average molecular weight is 350 g/mol. The maximum atomic E-state index is 11.9. The summed E-state index contributed by atoms with van der Waals surface area (Å²) in [5.74, 6) is -0.164. The number of benzene rings is 1. The minimum Gasteiger partial charge on any atom is -0.314 e. The molecule has 2 N–H and O–H groups in total. The van der Waals surface area contributed by atoms with Gasteiger partial charge in [-0.05, 0) is 31.4 Å². The van der Waals surface area contributed by atoms with Gasteiger partial charge in [-0.1, -0.05) is 12.1 Å². The fourth-order valence-corrected chi connectivity index (χ4v) is 3.54. The van der Waals surface area contributed by atoms with E-state index in [-0.39, 0.29) is 23.8 Å². The van der Waals surface area contributed by atoms with Crippen molar-refractivity contribution < 1.29 is 13.3 Å². The Kier molecular flexibility index (Phi) is 7.21. The lowest BCUT2D eigenvalue weighted by Gasteiger charge is -2.11. The minimum atomic E-state index is -3.41. The first-order valence-electron chi connectivity index (χ1n) is 6.90. The highest BCUT2D eigenvalue weighted by molar-refractivity contribution is 7.88. The Morgan fingerprint density at radius 1 is 1.32 bits per heavy atom. The minimum absolute atomic E-state index is 0. The largest absolute Gasteiger partial charge is 0.314 e. The third-order valence-corrected chi connectivity index (χ3v) is 4.84. The van der Waals surface area contributed by atoms with Crippen LogP contribution in [0.1, 0.15) is 24.8 Å². The van der Waals surface area contributed by atoms with E-state index in [1.807, 2.05) is 0 Å². The van der Waals surface area contributed by atoms with Gasteiger partial charge in [-0.25, -0.2) is 13.1 Å². The molecule has 0 unspecified atom stereocenters. The second-order valence-corrected chi connectivity index (χ2v) is 6.97. The maximum absolute atomic E-state index is 11.9. The zero-order chi connectivity index (χ0) is 15.3. The summed E-state index contributed by atoms with van der Waals surface area (Å²) in [6.45, 7) is 1.41. The molecule has 0 bridgehead atoms. The van der Waals surface area contributed by atoms with E-state index in [0.29, 0.717) is 18.2 Å². The van der Waals surface area contributed by atoms with Crippen molar-refractivity contribution >= 4 is 28.1 Å². The van der Waals surface area contributed by atoms with Gasteiger partial charge in [-0.15, -0.1) is 12.4 Å². The van der Waals surface area contributed by atoms with Crippen LogP contribution in [0.2, 0.25) is 0 Å². The monoisotopic (exact) mass is 349 g/mol. The number of hydrogen-bond acceptors (Lipinski definition) is 5. The van der Waals surface area contributed by atoms with E-state index < -0.39 is 14.9 Å². The van der Waals surface area contributed by atoms with E-state index >= 15 is 0 Å². The van der Waals surface area contributed by atoms with Gasteiger partial charge in [0.25, 0.3) is 5.69 Å². The van der Waals surface area contributed by atoms with Gasteiger partial charge < -0.3 is 5.32 Å². The lowest BCUT2D eigenvalue weighted by Crippen LogP contribution is -2.31. The van der Waals surface area contributed by atoms with Gasteiger partial charge in [0.1, 0.15) is 0 Å². The Balaban J connectivity index is 0.00000242. The highest BCUT2D eigenvalue weighted by Gasteiger charge is 2.16. The Morgan fingerprint density at radius 3 is 2.55 bits per heavy atom. The van der Waals surface area contributed by atoms with Crippen LogP contribution in [0.15, 0.2) is 24.3 Å². The first-order chi connectivity index (χ1) is 9.96. The van der Waals surface area contributed by atoms with Crippen molar-refractivity contribution in [1.82, 2.24) is 10.0 Å². The van der Waals surface area contributed by atoms with Crippen LogP contribution in [0.3, 0.4) is 0 Å². The summed E-state index contributed by atoms with van der Waals surface area (Å²) in [6.07, 6.45) is 3.00. The van der Waals surface area contributed by atoms with Gasteiger partial charge in [-0.2, -0.15) is 0 Å². The van der Waals surface area contributed by atoms with Crippen molar-refractivity contribution in [2.24, 2.45) is 0 Å². The first-order valence-corrected chi connectivity index (χ1v) is 8.55. The van der Waals surface area contributed by atoms with Crippen LogP contribution in [-0.4, -0.2) is 32.5 Å². The molecule has 0 aromatic heterocycles. The highest BCUT2D eigenvalue weighted by Crippen LogP contribution is 2.14. The molecule has 1 fully saturated rings. The van der Waals surface area contributed by atoms with E-state index in [1.54, 1.807) is 0 Å². The van der Waals surface area contributed by atoms with Crippen LogP contribution >= 0.6 is 12.4 Å². The molecule has 1 atom stereocenters. The predicted octanol–water partition coefficient (Wildman–Crippen LogP) is 1.58. The number of non-ortho nitro benzene ring substituents is 1. The molecule has 0 amide bonds. The molecule has 22 heavy (non-hydrogen) atoms. The van der Waals surface area contributed by atoms with Gasteiger partial charge in [0.05, 0.1) is 10.7 Å². The average Bonchev–Trinajstić information content (AvgIpc) is 2.91. The zero-order valence-electron chi connectivity index (χ0n) is 12.0. The van der Waals surface area contributed by atoms with Gasteiger partial charge in [0.2, 0.25) is 10.0 Å². The fraction of sp³-hybridized carbons (Fsp3) is 0.538. The first kappa shape index (κ1) is 18.8.